The molecule has 8 nitrogen and oxygen atoms in total. The molecule has 4 aromatic rings. The number of methoxy groups -OCH3 is 1. The fourth-order valence-corrected chi connectivity index (χ4v) is 6.19. The molecule has 0 bridgehead atoms. The second-order valence-corrected chi connectivity index (χ2v) is 11.2. The second kappa shape index (κ2) is 10.2. The Morgan fingerprint density at radius 1 is 1.05 bits per heavy atom. The number of thioether (sulfide) groups is 1. The first-order valence-corrected chi connectivity index (χ1v) is 13.9. The van der Waals surface area contributed by atoms with Gasteiger partial charge in [0, 0.05) is 11.3 Å². The van der Waals surface area contributed by atoms with Gasteiger partial charge < -0.3 is 10.1 Å². The lowest BCUT2D eigenvalue weighted by Crippen LogP contribution is -2.34. The summed E-state index contributed by atoms with van der Waals surface area (Å²) in [7, 11) is -2.36. The monoisotopic (exact) mass is 532 g/mol. The molecule has 1 aromatic heterocycles. The molecule has 0 radical (unpaired) electrons. The Morgan fingerprint density at radius 3 is 2.62 bits per heavy atom. The molecule has 0 saturated heterocycles. The molecule has 10 heteroatoms. The Bertz CT molecular complexity index is 1570. The van der Waals surface area contributed by atoms with Crippen LogP contribution in [0.4, 0.5) is 11.4 Å². The molecule has 37 heavy (non-hydrogen) atoms. The van der Waals surface area contributed by atoms with Crippen molar-refractivity contribution in [2.24, 2.45) is 0 Å². The van der Waals surface area contributed by atoms with E-state index in [0.29, 0.717) is 33.5 Å². The molecule has 0 atom stereocenters. The van der Waals surface area contributed by atoms with Crippen molar-refractivity contribution in [3.05, 3.63) is 90.1 Å². The number of amides is 1. The van der Waals surface area contributed by atoms with Crippen molar-refractivity contribution in [3.8, 4) is 17.0 Å². The number of ether oxygens (including phenoxy) is 1. The van der Waals surface area contributed by atoms with Crippen LogP contribution in [0, 0.1) is 6.92 Å². The van der Waals surface area contributed by atoms with Crippen LogP contribution in [0.25, 0.3) is 11.3 Å². The number of fused-ring (bicyclic) bond motifs is 3. The average Bonchev–Trinajstić information content (AvgIpc) is 2.91. The molecule has 1 amide bonds. The van der Waals surface area contributed by atoms with Crippen molar-refractivity contribution in [1.82, 2.24) is 9.97 Å². The lowest BCUT2D eigenvalue weighted by molar-refractivity contribution is -0.113. The van der Waals surface area contributed by atoms with E-state index in [1.165, 1.54) is 10.5 Å². The summed E-state index contributed by atoms with van der Waals surface area (Å²) in [5.74, 6) is 0.535. The van der Waals surface area contributed by atoms with E-state index >= 15 is 0 Å². The number of sulfonamides is 1. The number of nitrogens with zero attached hydrogens (tertiary/aromatic N) is 3. The highest BCUT2D eigenvalue weighted by atomic mass is 32.2. The van der Waals surface area contributed by atoms with Crippen LogP contribution < -0.4 is 14.4 Å². The summed E-state index contributed by atoms with van der Waals surface area (Å²) in [6.45, 7) is 2.11. The third kappa shape index (κ3) is 5.16. The molecule has 3 aromatic carbocycles. The molecule has 1 aliphatic rings. The number of rotatable bonds is 7. The molecule has 0 unspecified atom stereocenters. The highest BCUT2D eigenvalue weighted by molar-refractivity contribution is 7.99. The van der Waals surface area contributed by atoms with Crippen LogP contribution in [-0.4, -0.2) is 37.2 Å². The molecule has 0 fully saturated rings. The number of aryl methyl sites for hydroxylation is 1. The summed E-state index contributed by atoms with van der Waals surface area (Å²) in [4.78, 5) is 21.3. The molecule has 188 valence electrons. The summed E-state index contributed by atoms with van der Waals surface area (Å²) < 4.78 is 34.0. The van der Waals surface area contributed by atoms with Gasteiger partial charge in [-0.05, 0) is 42.8 Å². The number of hydrogen-bond acceptors (Lipinski definition) is 7. The Kier molecular flexibility index (Phi) is 6.86. The van der Waals surface area contributed by atoms with Crippen LogP contribution in [-0.2, 0) is 21.4 Å². The number of nitrogens with one attached hydrogen (secondary N) is 1. The highest BCUT2D eigenvalue weighted by Crippen LogP contribution is 2.43. The number of hydrogen-bond donors (Lipinski definition) is 1. The van der Waals surface area contributed by atoms with E-state index in [4.69, 9.17) is 4.74 Å². The Morgan fingerprint density at radius 2 is 1.84 bits per heavy atom. The van der Waals surface area contributed by atoms with Crippen LogP contribution in [0.1, 0.15) is 11.1 Å². The summed E-state index contributed by atoms with van der Waals surface area (Å²) in [5, 5.41) is 3.16. The number of aromatic nitrogens is 2. The maximum absolute atomic E-state index is 13.7. The summed E-state index contributed by atoms with van der Waals surface area (Å²) in [6, 6.07) is 22.1. The normalized spacial score (nSPS) is 13.4. The minimum Gasteiger partial charge on any atom is -0.497 e. The van der Waals surface area contributed by atoms with Gasteiger partial charge in [0.15, 0.2) is 5.16 Å². The molecule has 0 saturated carbocycles. The maximum Gasteiger partial charge on any atom is 0.268 e. The lowest BCUT2D eigenvalue weighted by Gasteiger charge is -2.31. The van der Waals surface area contributed by atoms with E-state index in [9.17, 15) is 13.2 Å². The van der Waals surface area contributed by atoms with Crippen LogP contribution in [0.3, 0.4) is 0 Å². The number of benzene rings is 3. The first-order valence-electron chi connectivity index (χ1n) is 11.5. The molecule has 2 heterocycles. The standard InChI is InChI=1S/C27H24N4O4S2/c1-18-10-12-20(13-11-18)29-25(32)17-36-27-28-15-24-26(30-27)22-8-3-4-9-23(22)31(37(24,33)34)16-19-6-5-7-21(14-19)35-2/h3-15H,16-17H2,1-2H3,(H,29,32). The SMILES string of the molecule is COc1cccc(CN2c3ccccc3-c3nc(SCC(=O)Nc4ccc(C)cc4)ncc3S2(=O)=O)c1. The largest absolute Gasteiger partial charge is 0.497 e. The van der Waals surface area contributed by atoms with Gasteiger partial charge in [0.1, 0.15) is 10.6 Å². The quantitative estimate of drug-likeness (QED) is 0.267. The first kappa shape index (κ1) is 24.8. The van der Waals surface area contributed by atoms with Crippen molar-refractivity contribution >= 4 is 39.1 Å². The summed E-state index contributed by atoms with van der Waals surface area (Å²) in [6.07, 6.45) is 1.33. The Labute approximate surface area is 219 Å². The van der Waals surface area contributed by atoms with E-state index in [0.717, 1.165) is 22.9 Å². The van der Waals surface area contributed by atoms with E-state index in [1.54, 1.807) is 19.2 Å². The molecule has 0 spiro atoms. The fourth-order valence-electron chi connectivity index (χ4n) is 4.02. The van der Waals surface area contributed by atoms with Gasteiger partial charge in [0.25, 0.3) is 10.0 Å². The summed E-state index contributed by atoms with van der Waals surface area (Å²) in [5.41, 5.74) is 4.14. The van der Waals surface area contributed by atoms with Gasteiger partial charge in [-0.3, -0.25) is 9.10 Å². The molecular weight excluding hydrogens is 508 g/mol. The van der Waals surface area contributed by atoms with Crippen molar-refractivity contribution in [3.63, 3.8) is 0 Å². The van der Waals surface area contributed by atoms with Crippen LogP contribution >= 0.6 is 11.8 Å². The third-order valence-corrected chi connectivity index (χ3v) is 8.48. The number of anilines is 2. The van der Waals surface area contributed by atoms with E-state index in [2.05, 4.69) is 15.3 Å². The smallest absolute Gasteiger partial charge is 0.268 e. The van der Waals surface area contributed by atoms with Crippen molar-refractivity contribution < 1.29 is 17.9 Å². The maximum atomic E-state index is 13.7. The zero-order chi connectivity index (χ0) is 26.0. The minimum absolute atomic E-state index is 0.0301. The van der Waals surface area contributed by atoms with E-state index in [1.807, 2.05) is 67.6 Å². The van der Waals surface area contributed by atoms with Crippen LogP contribution in [0.5, 0.6) is 5.75 Å². The topological polar surface area (TPSA) is 101 Å². The number of carbonyl (C=O) groups excluding carboxylic acids is 1. The molecule has 1 N–H and O–H groups in total. The van der Waals surface area contributed by atoms with Crippen LogP contribution in [0.15, 0.2) is 89.0 Å². The highest BCUT2D eigenvalue weighted by Gasteiger charge is 2.36. The summed E-state index contributed by atoms with van der Waals surface area (Å²) >= 11 is 1.15. The van der Waals surface area contributed by atoms with Gasteiger partial charge in [-0.1, -0.05) is 59.8 Å². The average molecular weight is 533 g/mol. The molecule has 5 rings (SSSR count). The van der Waals surface area contributed by atoms with Gasteiger partial charge in [-0.25, -0.2) is 18.4 Å². The van der Waals surface area contributed by atoms with Gasteiger partial charge in [-0.15, -0.1) is 0 Å². The van der Waals surface area contributed by atoms with E-state index < -0.39 is 10.0 Å². The lowest BCUT2D eigenvalue weighted by atomic mass is 10.1. The van der Waals surface area contributed by atoms with Gasteiger partial charge in [-0.2, -0.15) is 0 Å². The second-order valence-electron chi connectivity index (χ2n) is 8.45. The number of para-hydroxylation sites is 1. The Hall–Kier alpha value is -3.89. The zero-order valence-corrected chi connectivity index (χ0v) is 21.8. The van der Waals surface area contributed by atoms with Crippen molar-refractivity contribution in [2.75, 3.05) is 22.5 Å². The number of carbonyl (C=O) groups is 1. The van der Waals surface area contributed by atoms with Crippen LogP contribution in [0.2, 0.25) is 0 Å². The molecule has 1 aliphatic heterocycles. The predicted molar refractivity (Wildman–Crippen MR) is 144 cm³/mol. The predicted octanol–water partition coefficient (Wildman–Crippen LogP) is 4.90. The first-order chi connectivity index (χ1) is 17.8. The van der Waals surface area contributed by atoms with Crippen molar-refractivity contribution in [2.45, 2.75) is 23.5 Å². The minimum atomic E-state index is -3.93. The molecule has 0 aliphatic carbocycles. The third-order valence-electron chi connectivity index (χ3n) is 5.86. The zero-order valence-electron chi connectivity index (χ0n) is 20.2. The van der Waals surface area contributed by atoms with E-state index in [-0.39, 0.29) is 23.1 Å². The Balaban J connectivity index is 1.41. The van der Waals surface area contributed by atoms with Crippen molar-refractivity contribution in [1.29, 1.82) is 0 Å². The molecular formula is C27H24N4O4S2. The van der Waals surface area contributed by atoms with Gasteiger partial charge in [0.05, 0.1) is 37.0 Å². The fraction of sp³-hybridized carbons (Fsp3) is 0.148. The van der Waals surface area contributed by atoms with Gasteiger partial charge >= 0.3 is 0 Å². The van der Waals surface area contributed by atoms with Gasteiger partial charge in [0.2, 0.25) is 5.91 Å².